The van der Waals surface area contributed by atoms with Gasteiger partial charge in [0.1, 0.15) is 11.5 Å². The third-order valence-electron chi connectivity index (χ3n) is 3.79. The Hall–Kier alpha value is -1.27. The van der Waals surface area contributed by atoms with E-state index in [4.69, 9.17) is 16.3 Å². The van der Waals surface area contributed by atoms with Crippen molar-refractivity contribution in [3.05, 3.63) is 28.8 Å². The van der Waals surface area contributed by atoms with E-state index in [1.165, 1.54) is 7.11 Å². The molecule has 0 aliphatic rings. The minimum absolute atomic E-state index is 0.0397. The fourth-order valence-corrected chi connectivity index (χ4v) is 4.05. The molecule has 0 aliphatic carbocycles. The van der Waals surface area contributed by atoms with Gasteiger partial charge in [-0.1, -0.05) is 38.3 Å². The van der Waals surface area contributed by atoms with Crippen molar-refractivity contribution < 1.29 is 17.9 Å². The molecule has 25 heavy (non-hydrogen) atoms. The molecule has 0 bridgehead atoms. The summed E-state index contributed by atoms with van der Waals surface area (Å²) in [7, 11) is -2.15. The average Bonchev–Trinajstić information content (AvgIpc) is 2.45. The van der Waals surface area contributed by atoms with E-state index in [9.17, 15) is 13.2 Å². The summed E-state index contributed by atoms with van der Waals surface area (Å²) in [4.78, 5) is 12.0. The Morgan fingerprint density at radius 3 is 2.52 bits per heavy atom. The van der Waals surface area contributed by atoms with Gasteiger partial charge in [0.05, 0.1) is 12.9 Å². The molecule has 0 aliphatic heterocycles. The lowest BCUT2D eigenvalue weighted by molar-refractivity contribution is -0.119. The van der Waals surface area contributed by atoms with Gasteiger partial charge in [0.2, 0.25) is 5.91 Å². The predicted molar refractivity (Wildman–Crippen MR) is 102 cm³/mol. The number of hydrogen-bond acceptors (Lipinski definition) is 4. The number of methoxy groups -OCH3 is 1. The van der Waals surface area contributed by atoms with Gasteiger partial charge in [-0.2, -0.15) is 0 Å². The Bertz CT molecular complexity index is 674. The standard InChI is InChI=1S/C18H28ClNO4S/c1-13(2)6-5-7-14(3)20-18(21)12-25(22,23)11-15-10-16(19)8-9-17(15)24-4/h8-10,13-14H,5-7,11-12H2,1-4H3,(H,20,21). The number of benzene rings is 1. The quantitative estimate of drug-likeness (QED) is 0.663. The Morgan fingerprint density at radius 2 is 1.92 bits per heavy atom. The van der Waals surface area contributed by atoms with Crippen LogP contribution in [0.2, 0.25) is 5.02 Å². The number of rotatable bonds is 10. The molecule has 1 unspecified atom stereocenters. The van der Waals surface area contributed by atoms with Crippen molar-refractivity contribution in [2.24, 2.45) is 5.92 Å². The Morgan fingerprint density at radius 1 is 1.24 bits per heavy atom. The van der Waals surface area contributed by atoms with Crippen molar-refractivity contribution in [2.75, 3.05) is 12.9 Å². The molecule has 142 valence electrons. The molecule has 1 rings (SSSR count). The maximum atomic E-state index is 12.3. The average molecular weight is 390 g/mol. The molecule has 0 fully saturated rings. The number of nitrogens with one attached hydrogen (secondary N) is 1. The molecular formula is C18H28ClNO4S. The summed E-state index contributed by atoms with van der Waals surface area (Å²) < 4.78 is 29.8. The van der Waals surface area contributed by atoms with Gasteiger partial charge in [-0.15, -0.1) is 0 Å². The molecule has 1 amide bonds. The van der Waals surface area contributed by atoms with E-state index < -0.39 is 21.5 Å². The van der Waals surface area contributed by atoms with Crippen molar-refractivity contribution in [2.45, 2.75) is 51.8 Å². The second-order valence-corrected chi connectivity index (χ2v) is 9.28. The zero-order valence-electron chi connectivity index (χ0n) is 15.3. The minimum Gasteiger partial charge on any atom is -0.496 e. The van der Waals surface area contributed by atoms with Gasteiger partial charge in [-0.3, -0.25) is 4.79 Å². The number of ether oxygens (including phenoxy) is 1. The number of amides is 1. The molecule has 1 N–H and O–H groups in total. The first-order valence-electron chi connectivity index (χ1n) is 8.45. The van der Waals surface area contributed by atoms with E-state index in [2.05, 4.69) is 19.2 Å². The lowest BCUT2D eigenvalue weighted by atomic mass is 10.0. The van der Waals surface area contributed by atoms with Crippen molar-refractivity contribution >= 4 is 27.3 Å². The highest BCUT2D eigenvalue weighted by Gasteiger charge is 2.20. The number of sulfone groups is 1. The van der Waals surface area contributed by atoms with Crippen LogP contribution in [0.1, 0.15) is 45.6 Å². The SMILES string of the molecule is COc1ccc(Cl)cc1CS(=O)(=O)CC(=O)NC(C)CCCC(C)C. The monoisotopic (exact) mass is 389 g/mol. The van der Waals surface area contributed by atoms with Crippen LogP contribution in [0.5, 0.6) is 5.75 Å². The first-order chi connectivity index (χ1) is 11.6. The number of hydrogen-bond donors (Lipinski definition) is 1. The lowest BCUT2D eigenvalue weighted by Gasteiger charge is -2.15. The fraction of sp³-hybridized carbons (Fsp3) is 0.611. The van der Waals surface area contributed by atoms with Gasteiger partial charge in [0.25, 0.3) is 0 Å². The second-order valence-electron chi connectivity index (χ2n) is 6.78. The molecule has 0 saturated carbocycles. The van der Waals surface area contributed by atoms with Crippen molar-refractivity contribution in [3.8, 4) is 5.75 Å². The summed E-state index contributed by atoms with van der Waals surface area (Å²) in [6, 6.07) is 4.75. The van der Waals surface area contributed by atoms with Crippen LogP contribution in [0.15, 0.2) is 18.2 Å². The third-order valence-corrected chi connectivity index (χ3v) is 5.48. The van der Waals surface area contributed by atoms with Crippen molar-refractivity contribution in [3.63, 3.8) is 0 Å². The minimum atomic E-state index is -3.61. The summed E-state index contributed by atoms with van der Waals surface area (Å²) in [5.74, 6) is -0.243. The van der Waals surface area contributed by atoms with Crippen LogP contribution < -0.4 is 10.1 Å². The van der Waals surface area contributed by atoms with Gasteiger partial charge >= 0.3 is 0 Å². The molecule has 0 saturated heterocycles. The Balaban J connectivity index is 2.60. The van der Waals surface area contributed by atoms with E-state index in [1.54, 1.807) is 18.2 Å². The highest BCUT2D eigenvalue weighted by atomic mass is 35.5. The van der Waals surface area contributed by atoms with Gasteiger partial charge in [-0.25, -0.2) is 8.42 Å². The van der Waals surface area contributed by atoms with Crippen LogP contribution in [0.4, 0.5) is 0 Å². The molecule has 0 radical (unpaired) electrons. The van der Waals surface area contributed by atoms with Crippen LogP contribution >= 0.6 is 11.6 Å². The molecule has 0 heterocycles. The Kier molecular flexibility index (Phi) is 8.73. The summed E-state index contributed by atoms with van der Waals surface area (Å²) in [5.41, 5.74) is 0.452. The summed E-state index contributed by atoms with van der Waals surface area (Å²) in [6.45, 7) is 6.20. The first-order valence-corrected chi connectivity index (χ1v) is 10.6. The molecule has 0 spiro atoms. The highest BCUT2D eigenvalue weighted by Crippen LogP contribution is 2.24. The van der Waals surface area contributed by atoms with E-state index in [1.807, 2.05) is 6.92 Å². The van der Waals surface area contributed by atoms with Gasteiger partial charge in [0, 0.05) is 16.6 Å². The second kappa shape index (κ2) is 10.0. The zero-order valence-corrected chi connectivity index (χ0v) is 16.9. The first kappa shape index (κ1) is 21.8. The fourth-order valence-electron chi connectivity index (χ4n) is 2.57. The zero-order chi connectivity index (χ0) is 19.0. The van der Waals surface area contributed by atoms with Crippen LogP contribution in [0.25, 0.3) is 0 Å². The van der Waals surface area contributed by atoms with Crippen molar-refractivity contribution in [1.29, 1.82) is 0 Å². The summed E-state index contributed by atoms with van der Waals surface area (Å²) in [6.07, 6.45) is 2.94. The molecule has 0 aromatic heterocycles. The van der Waals surface area contributed by atoms with Crippen LogP contribution in [0, 0.1) is 5.92 Å². The highest BCUT2D eigenvalue weighted by molar-refractivity contribution is 7.91. The van der Waals surface area contributed by atoms with E-state index in [0.29, 0.717) is 22.3 Å². The molecule has 1 aromatic rings. The molecule has 1 atom stereocenters. The largest absolute Gasteiger partial charge is 0.496 e. The maximum Gasteiger partial charge on any atom is 0.235 e. The van der Waals surface area contributed by atoms with Crippen LogP contribution in [-0.4, -0.2) is 33.2 Å². The van der Waals surface area contributed by atoms with Crippen LogP contribution in [0.3, 0.4) is 0 Å². The van der Waals surface area contributed by atoms with E-state index >= 15 is 0 Å². The van der Waals surface area contributed by atoms with Crippen molar-refractivity contribution in [1.82, 2.24) is 5.32 Å². The molecule has 7 heteroatoms. The topological polar surface area (TPSA) is 72.5 Å². The summed E-state index contributed by atoms with van der Waals surface area (Å²) >= 11 is 5.92. The van der Waals surface area contributed by atoms with Crippen LogP contribution in [-0.2, 0) is 20.4 Å². The lowest BCUT2D eigenvalue weighted by Crippen LogP contribution is -2.37. The number of halogens is 1. The number of carbonyl (C=O) groups excluding carboxylic acids is 1. The maximum absolute atomic E-state index is 12.3. The van der Waals surface area contributed by atoms with E-state index in [0.717, 1.165) is 19.3 Å². The van der Waals surface area contributed by atoms with Gasteiger partial charge in [0.15, 0.2) is 9.84 Å². The normalized spacial score (nSPS) is 12.9. The molecule has 1 aromatic carbocycles. The predicted octanol–water partition coefficient (Wildman–Crippen LogP) is 3.59. The summed E-state index contributed by atoms with van der Waals surface area (Å²) in [5, 5.41) is 3.19. The van der Waals surface area contributed by atoms with Gasteiger partial charge in [-0.05, 0) is 37.5 Å². The van der Waals surface area contributed by atoms with E-state index in [-0.39, 0.29) is 11.8 Å². The van der Waals surface area contributed by atoms with Gasteiger partial charge < -0.3 is 10.1 Å². The number of carbonyl (C=O) groups is 1. The smallest absolute Gasteiger partial charge is 0.235 e. The molecular weight excluding hydrogens is 362 g/mol. The molecule has 5 nitrogen and oxygen atoms in total. The third kappa shape index (κ3) is 8.59. The Labute approximate surface area is 156 Å².